The van der Waals surface area contributed by atoms with Gasteiger partial charge in [0.2, 0.25) is 5.91 Å². The van der Waals surface area contributed by atoms with Crippen LogP contribution in [0.5, 0.6) is 5.75 Å². The first-order chi connectivity index (χ1) is 8.53. The predicted octanol–water partition coefficient (Wildman–Crippen LogP) is 1.07. The first kappa shape index (κ1) is 13.8. The zero-order valence-corrected chi connectivity index (χ0v) is 10.6. The molecule has 1 heterocycles. The second kappa shape index (κ2) is 5.90. The van der Waals surface area contributed by atoms with Crippen LogP contribution in [-0.2, 0) is 4.79 Å². The summed E-state index contributed by atoms with van der Waals surface area (Å²) in [5.74, 6) is 0.648. The molecule has 0 unspecified atom stereocenters. The molecule has 0 aliphatic carbocycles. The second-order valence-corrected chi connectivity index (χ2v) is 3.56. The Morgan fingerprint density at radius 3 is 2.89 bits per heavy atom. The number of hydrogen-bond acceptors (Lipinski definition) is 5. The minimum absolute atomic E-state index is 0.207. The van der Waals surface area contributed by atoms with Crippen LogP contribution in [0.3, 0.4) is 0 Å². The third-order valence-electron chi connectivity index (χ3n) is 2.39. The fourth-order valence-corrected chi connectivity index (χ4v) is 1.33. The van der Waals surface area contributed by atoms with Crippen LogP contribution in [0.25, 0.3) is 0 Å². The van der Waals surface area contributed by atoms with E-state index in [0.29, 0.717) is 23.8 Å². The first-order valence-corrected chi connectivity index (χ1v) is 5.31. The molecule has 18 heavy (non-hydrogen) atoms. The maximum absolute atomic E-state index is 11.3. The van der Waals surface area contributed by atoms with Gasteiger partial charge >= 0.3 is 0 Å². The summed E-state index contributed by atoms with van der Waals surface area (Å²) in [5, 5.41) is 2.59. The standard InChI is InChI=1S/C12H17N4O2/c1-5-10(17)14-12-8(16(3)6-2)7-9(18-4)11(13)15-12/h5,7H,1-2,6H2,3-4H3,(H3,13,14,15,17). The quantitative estimate of drug-likeness (QED) is 0.763. The summed E-state index contributed by atoms with van der Waals surface area (Å²) in [6.07, 6.45) is 1.16. The van der Waals surface area contributed by atoms with Gasteiger partial charge in [0, 0.05) is 19.7 Å². The predicted molar refractivity (Wildman–Crippen MR) is 72.7 cm³/mol. The Kier molecular flexibility index (Phi) is 4.53. The number of pyridine rings is 1. The van der Waals surface area contributed by atoms with Crippen LogP contribution in [0.15, 0.2) is 18.7 Å². The summed E-state index contributed by atoms with van der Waals surface area (Å²) in [6.45, 7) is 7.67. The van der Waals surface area contributed by atoms with E-state index in [1.807, 2.05) is 11.9 Å². The van der Waals surface area contributed by atoms with Crippen molar-refractivity contribution in [1.29, 1.82) is 0 Å². The smallest absolute Gasteiger partial charge is 0.248 e. The molecule has 0 aliphatic rings. The lowest BCUT2D eigenvalue weighted by Gasteiger charge is -2.21. The van der Waals surface area contributed by atoms with Gasteiger partial charge in [0.05, 0.1) is 12.8 Å². The average molecular weight is 249 g/mol. The number of hydrogen-bond donors (Lipinski definition) is 2. The van der Waals surface area contributed by atoms with Gasteiger partial charge in [-0.2, -0.15) is 0 Å². The topological polar surface area (TPSA) is 80.5 Å². The highest BCUT2D eigenvalue weighted by Crippen LogP contribution is 2.31. The lowest BCUT2D eigenvalue weighted by atomic mass is 10.3. The molecule has 0 saturated carbocycles. The van der Waals surface area contributed by atoms with Crippen LogP contribution in [0.2, 0.25) is 0 Å². The summed E-state index contributed by atoms with van der Waals surface area (Å²) in [6, 6.07) is 1.70. The van der Waals surface area contributed by atoms with Gasteiger partial charge in [-0.1, -0.05) is 6.58 Å². The summed E-state index contributed by atoms with van der Waals surface area (Å²) >= 11 is 0. The number of amides is 1. The van der Waals surface area contributed by atoms with E-state index in [2.05, 4.69) is 23.8 Å². The van der Waals surface area contributed by atoms with Crippen LogP contribution in [0, 0.1) is 6.92 Å². The van der Waals surface area contributed by atoms with E-state index in [0.717, 1.165) is 6.08 Å². The van der Waals surface area contributed by atoms with Gasteiger partial charge in [-0.15, -0.1) is 0 Å². The molecule has 1 aromatic rings. The molecule has 0 atom stereocenters. The van der Waals surface area contributed by atoms with E-state index in [4.69, 9.17) is 10.5 Å². The molecule has 0 saturated heterocycles. The Labute approximate surface area is 106 Å². The third-order valence-corrected chi connectivity index (χ3v) is 2.39. The van der Waals surface area contributed by atoms with Crippen molar-refractivity contribution in [2.75, 3.05) is 36.7 Å². The highest BCUT2D eigenvalue weighted by atomic mass is 16.5. The second-order valence-electron chi connectivity index (χ2n) is 3.56. The summed E-state index contributed by atoms with van der Waals surface area (Å²) in [5.41, 5.74) is 6.38. The van der Waals surface area contributed by atoms with Crippen molar-refractivity contribution in [2.24, 2.45) is 0 Å². The highest BCUT2D eigenvalue weighted by molar-refractivity contribution is 6.00. The number of carbonyl (C=O) groups is 1. The van der Waals surface area contributed by atoms with Crippen molar-refractivity contribution < 1.29 is 9.53 Å². The Bertz CT molecular complexity index is 460. The molecule has 6 heteroatoms. The zero-order valence-electron chi connectivity index (χ0n) is 10.6. The molecule has 1 rings (SSSR count). The van der Waals surface area contributed by atoms with Crippen molar-refractivity contribution in [3.8, 4) is 5.75 Å². The number of ether oxygens (including phenoxy) is 1. The number of rotatable bonds is 5. The van der Waals surface area contributed by atoms with Crippen molar-refractivity contribution in [3.63, 3.8) is 0 Å². The van der Waals surface area contributed by atoms with Gasteiger partial charge in [0.15, 0.2) is 17.4 Å². The molecule has 0 aliphatic heterocycles. The van der Waals surface area contributed by atoms with E-state index in [9.17, 15) is 4.79 Å². The van der Waals surface area contributed by atoms with Crippen molar-refractivity contribution >= 4 is 23.2 Å². The average Bonchev–Trinajstić information content (AvgIpc) is 2.38. The van der Waals surface area contributed by atoms with Gasteiger partial charge in [-0.25, -0.2) is 4.98 Å². The molecule has 0 bridgehead atoms. The molecule has 0 aromatic carbocycles. The van der Waals surface area contributed by atoms with Crippen LogP contribution in [0.1, 0.15) is 0 Å². The lowest BCUT2D eigenvalue weighted by molar-refractivity contribution is -0.111. The highest BCUT2D eigenvalue weighted by Gasteiger charge is 2.14. The van der Waals surface area contributed by atoms with E-state index in [1.54, 1.807) is 6.07 Å². The molecule has 3 N–H and O–H groups in total. The molecular weight excluding hydrogens is 232 g/mol. The number of methoxy groups -OCH3 is 1. The normalized spacial score (nSPS) is 9.72. The van der Waals surface area contributed by atoms with Gasteiger partial charge in [-0.3, -0.25) is 4.79 Å². The van der Waals surface area contributed by atoms with E-state index >= 15 is 0 Å². The Morgan fingerprint density at radius 2 is 2.39 bits per heavy atom. The fraction of sp³-hybridized carbons (Fsp3) is 0.250. The van der Waals surface area contributed by atoms with E-state index in [1.165, 1.54) is 7.11 Å². The zero-order chi connectivity index (χ0) is 13.7. The largest absolute Gasteiger partial charge is 0.493 e. The number of nitrogens with zero attached hydrogens (tertiary/aromatic N) is 2. The maximum Gasteiger partial charge on any atom is 0.248 e. The summed E-state index contributed by atoms with van der Waals surface area (Å²) in [4.78, 5) is 17.3. The molecule has 1 amide bonds. The summed E-state index contributed by atoms with van der Waals surface area (Å²) in [7, 11) is 3.33. The van der Waals surface area contributed by atoms with Crippen molar-refractivity contribution in [3.05, 3.63) is 25.6 Å². The number of nitrogens with one attached hydrogen (secondary N) is 1. The number of carbonyl (C=O) groups excluding carboxylic acids is 1. The SMILES string of the molecule is [CH2]CN(C)c1cc(OC)c(N)nc1NC(=O)C=C. The van der Waals surface area contributed by atoms with Crippen LogP contribution in [-0.4, -0.2) is 31.6 Å². The molecule has 0 spiro atoms. The molecule has 6 nitrogen and oxygen atoms in total. The number of anilines is 3. The fourth-order valence-electron chi connectivity index (χ4n) is 1.33. The molecule has 97 valence electrons. The van der Waals surface area contributed by atoms with Gasteiger partial charge in [-0.05, 0) is 13.0 Å². The van der Waals surface area contributed by atoms with E-state index in [-0.39, 0.29) is 11.7 Å². The third kappa shape index (κ3) is 2.91. The summed E-state index contributed by atoms with van der Waals surface area (Å²) < 4.78 is 5.10. The minimum Gasteiger partial charge on any atom is -0.493 e. The monoisotopic (exact) mass is 249 g/mol. The van der Waals surface area contributed by atoms with Crippen molar-refractivity contribution in [1.82, 2.24) is 4.98 Å². The van der Waals surface area contributed by atoms with E-state index < -0.39 is 0 Å². The Hall–Kier alpha value is -2.24. The molecule has 1 aromatic heterocycles. The number of nitrogens with two attached hydrogens (primary N) is 1. The van der Waals surface area contributed by atoms with Gasteiger partial charge in [0.1, 0.15) is 0 Å². The minimum atomic E-state index is -0.356. The Balaban J connectivity index is 3.24. The molecule has 0 fully saturated rings. The van der Waals surface area contributed by atoms with Gasteiger partial charge in [0.25, 0.3) is 0 Å². The van der Waals surface area contributed by atoms with Crippen LogP contribution in [0.4, 0.5) is 17.3 Å². The van der Waals surface area contributed by atoms with Crippen LogP contribution >= 0.6 is 0 Å². The van der Waals surface area contributed by atoms with Crippen LogP contribution < -0.4 is 20.7 Å². The lowest BCUT2D eigenvalue weighted by Crippen LogP contribution is -2.20. The maximum atomic E-state index is 11.3. The number of aromatic nitrogens is 1. The molecule has 1 radical (unpaired) electrons. The van der Waals surface area contributed by atoms with Crippen molar-refractivity contribution in [2.45, 2.75) is 0 Å². The van der Waals surface area contributed by atoms with Gasteiger partial charge < -0.3 is 20.7 Å². The first-order valence-electron chi connectivity index (χ1n) is 5.31. The molecular formula is C12H17N4O2. The number of nitrogen functional groups attached to an aromatic ring is 1. The Morgan fingerprint density at radius 1 is 1.72 bits per heavy atom.